The second-order valence-corrected chi connectivity index (χ2v) is 8.24. The quantitative estimate of drug-likeness (QED) is 0.539. The SMILES string of the molecule is CC(Sc1nnc(N2CCCCC2)n1Cc1ccco1)c1ccc(F)c(F)c1. The van der Waals surface area contributed by atoms with E-state index in [0.717, 1.165) is 48.9 Å². The van der Waals surface area contributed by atoms with Crippen LogP contribution >= 0.6 is 11.8 Å². The molecule has 1 aromatic carbocycles. The van der Waals surface area contributed by atoms with Crippen LogP contribution in [0.15, 0.2) is 46.2 Å². The third-order valence-electron chi connectivity index (χ3n) is 4.93. The zero-order valence-electron chi connectivity index (χ0n) is 15.6. The van der Waals surface area contributed by atoms with Crippen LogP contribution in [0.2, 0.25) is 0 Å². The van der Waals surface area contributed by atoms with Gasteiger partial charge in [-0.25, -0.2) is 8.78 Å². The van der Waals surface area contributed by atoms with Crippen LogP contribution in [0.25, 0.3) is 0 Å². The Morgan fingerprint density at radius 1 is 1.11 bits per heavy atom. The minimum absolute atomic E-state index is 0.108. The summed E-state index contributed by atoms with van der Waals surface area (Å²) in [5.41, 5.74) is 0.705. The maximum Gasteiger partial charge on any atom is 0.228 e. The van der Waals surface area contributed by atoms with E-state index >= 15 is 0 Å². The molecule has 0 saturated carbocycles. The molecular formula is C20H22F2N4OS. The van der Waals surface area contributed by atoms with Crippen molar-refractivity contribution in [2.75, 3.05) is 18.0 Å². The topological polar surface area (TPSA) is 47.1 Å². The molecule has 0 radical (unpaired) electrons. The molecule has 0 bridgehead atoms. The number of hydrogen-bond acceptors (Lipinski definition) is 5. The Morgan fingerprint density at radius 2 is 1.93 bits per heavy atom. The molecule has 0 spiro atoms. The van der Waals surface area contributed by atoms with Crippen molar-refractivity contribution >= 4 is 17.7 Å². The van der Waals surface area contributed by atoms with Crippen molar-refractivity contribution in [3.63, 3.8) is 0 Å². The van der Waals surface area contributed by atoms with E-state index in [9.17, 15) is 8.78 Å². The van der Waals surface area contributed by atoms with Crippen LogP contribution in [-0.2, 0) is 6.54 Å². The molecule has 0 aliphatic carbocycles. The highest BCUT2D eigenvalue weighted by Gasteiger charge is 2.23. The van der Waals surface area contributed by atoms with Crippen LogP contribution in [-0.4, -0.2) is 27.9 Å². The first-order chi connectivity index (χ1) is 13.6. The molecule has 8 heteroatoms. The number of halogens is 2. The van der Waals surface area contributed by atoms with Crippen LogP contribution in [0.4, 0.5) is 14.7 Å². The molecule has 5 nitrogen and oxygen atoms in total. The van der Waals surface area contributed by atoms with E-state index in [1.807, 2.05) is 23.6 Å². The van der Waals surface area contributed by atoms with Gasteiger partial charge in [0, 0.05) is 18.3 Å². The maximum atomic E-state index is 13.6. The number of piperidine rings is 1. The number of rotatable bonds is 6. The van der Waals surface area contributed by atoms with Crippen molar-refractivity contribution in [3.05, 3.63) is 59.6 Å². The Hall–Kier alpha value is -2.35. The van der Waals surface area contributed by atoms with E-state index in [2.05, 4.69) is 15.1 Å². The van der Waals surface area contributed by atoms with E-state index in [1.165, 1.54) is 24.2 Å². The number of thioether (sulfide) groups is 1. The minimum atomic E-state index is -0.839. The number of hydrogen-bond donors (Lipinski definition) is 0. The van der Waals surface area contributed by atoms with E-state index in [1.54, 1.807) is 12.3 Å². The van der Waals surface area contributed by atoms with E-state index < -0.39 is 11.6 Å². The van der Waals surface area contributed by atoms with E-state index in [4.69, 9.17) is 4.42 Å². The van der Waals surface area contributed by atoms with Crippen LogP contribution in [0, 0.1) is 11.6 Å². The van der Waals surface area contributed by atoms with Crippen LogP contribution < -0.4 is 4.90 Å². The number of anilines is 1. The van der Waals surface area contributed by atoms with Crippen molar-refractivity contribution in [2.24, 2.45) is 0 Å². The lowest BCUT2D eigenvalue weighted by Gasteiger charge is -2.27. The van der Waals surface area contributed by atoms with Crippen molar-refractivity contribution in [3.8, 4) is 0 Å². The van der Waals surface area contributed by atoms with Crippen LogP contribution in [0.5, 0.6) is 0 Å². The highest BCUT2D eigenvalue weighted by Crippen LogP contribution is 2.36. The lowest BCUT2D eigenvalue weighted by Crippen LogP contribution is -2.32. The Morgan fingerprint density at radius 3 is 2.64 bits per heavy atom. The zero-order chi connectivity index (χ0) is 19.5. The molecule has 0 amide bonds. The van der Waals surface area contributed by atoms with Gasteiger partial charge >= 0.3 is 0 Å². The number of nitrogens with zero attached hydrogens (tertiary/aromatic N) is 4. The van der Waals surface area contributed by atoms with Gasteiger partial charge in [-0.1, -0.05) is 17.8 Å². The summed E-state index contributed by atoms with van der Waals surface area (Å²) < 4.78 is 34.4. The average molecular weight is 404 g/mol. The van der Waals surface area contributed by atoms with Gasteiger partial charge in [-0.15, -0.1) is 10.2 Å². The normalized spacial score (nSPS) is 15.8. The summed E-state index contributed by atoms with van der Waals surface area (Å²) in [4.78, 5) is 2.26. The number of furan rings is 1. The molecule has 2 aromatic heterocycles. The second-order valence-electron chi connectivity index (χ2n) is 6.93. The average Bonchev–Trinajstić information content (AvgIpc) is 3.35. The predicted molar refractivity (Wildman–Crippen MR) is 105 cm³/mol. The molecule has 148 valence electrons. The maximum absolute atomic E-state index is 13.6. The van der Waals surface area contributed by atoms with Crippen molar-refractivity contribution in [1.82, 2.24) is 14.8 Å². The Kier molecular flexibility index (Phi) is 5.66. The minimum Gasteiger partial charge on any atom is -0.467 e. The summed E-state index contributed by atoms with van der Waals surface area (Å²) in [6.45, 7) is 4.39. The van der Waals surface area contributed by atoms with Crippen LogP contribution in [0.1, 0.15) is 42.8 Å². The Labute approximate surface area is 166 Å². The fourth-order valence-corrected chi connectivity index (χ4v) is 4.34. The smallest absolute Gasteiger partial charge is 0.228 e. The molecule has 1 aliphatic rings. The van der Waals surface area contributed by atoms with Gasteiger partial charge in [0.05, 0.1) is 12.8 Å². The van der Waals surface area contributed by atoms with E-state index in [-0.39, 0.29) is 5.25 Å². The first-order valence-electron chi connectivity index (χ1n) is 9.44. The van der Waals surface area contributed by atoms with Gasteiger partial charge in [0.25, 0.3) is 0 Å². The molecular weight excluding hydrogens is 382 g/mol. The monoisotopic (exact) mass is 404 g/mol. The third-order valence-corrected chi connectivity index (χ3v) is 6.06. The summed E-state index contributed by atoms with van der Waals surface area (Å²) in [5.74, 6) is -0.0261. The van der Waals surface area contributed by atoms with Crippen molar-refractivity contribution in [1.29, 1.82) is 0 Å². The van der Waals surface area contributed by atoms with Gasteiger partial charge in [0.1, 0.15) is 5.76 Å². The first-order valence-corrected chi connectivity index (χ1v) is 10.3. The van der Waals surface area contributed by atoms with Gasteiger partial charge in [-0.3, -0.25) is 4.57 Å². The summed E-state index contributed by atoms with van der Waals surface area (Å²) >= 11 is 1.48. The largest absolute Gasteiger partial charge is 0.467 e. The van der Waals surface area contributed by atoms with Gasteiger partial charge in [0.2, 0.25) is 5.95 Å². The van der Waals surface area contributed by atoms with E-state index in [0.29, 0.717) is 12.1 Å². The molecule has 1 saturated heterocycles. The molecule has 4 rings (SSSR count). The molecule has 1 unspecified atom stereocenters. The van der Waals surface area contributed by atoms with Crippen LogP contribution in [0.3, 0.4) is 0 Å². The van der Waals surface area contributed by atoms with Gasteiger partial charge in [0.15, 0.2) is 16.8 Å². The van der Waals surface area contributed by atoms with Gasteiger partial charge in [-0.2, -0.15) is 0 Å². The van der Waals surface area contributed by atoms with Crippen molar-refractivity contribution < 1.29 is 13.2 Å². The molecule has 1 aliphatic heterocycles. The number of aromatic nitrogens is 3. The fourth-order valence-electron chi connectivity index (χ4n) is 3.38. The predicted octanol–water partition coefficient (Wildman–Crippen LogP) is 5.04. The van der Waals surface area contributed by atoms with Crippen molar-refractivity contribution in [2.45, 2.75) is 43.1 Å². The summed E-state index contributed by atoms with van der Waals surface area (Å²) in [6.07, 6.45) is 5.16. The highest BCUT2D eigenvalue weighted by atomic mass is 32.2. The molecule has 1 atom stereocenters. The molecule has 1 fully saturated rings. The second kappa shape index (κ2) is 8.34. The number of benzene rings is 1. The Bertz CT molecular complexity index is 922. The summed E-state index contributed by atoms with van der Waals surface area (Å²) in [5, 5.41) is 9.47. The molecule has 0 N–H and O–H groups in total. The third kappa shape index (κ3) is 4.06. The Balaban J connectivity index is 1.61. The summed E-state index contributed by atoms with van der Waals surface area (Å²) in [6, 6.07) is 7.79. The van der Waals surface area contributed by atoms with Gasteiger partial charge in [-0.05, 0) is 56.0 Å². The fraction of sp³-hybridized carbons (Fsp3) is 0.400. The lowest BCUT2D eigenvalue weighted by atomic mass is 10.1. The first kappa shape index (κ1) is 19.0. The summed E-state index contributed by atoms with van der Waals surface area (Å²) in [7, 11) is 0. The zero-order valence-corrected chi connectivity index (χ0v) is 16.5. The highest BCUT2D eigenvalue weighted by molar-refractivity contribution is 7.99. The lowest BCUT2D eigenvalue weighted by molar-refractivity contribution is 0.479. The molecule has 3 aromatic rings. The molecule has 3 heterocycles. The molecule has 28 heavy (non-hydrogen) atoms. The standard InChI is InChI=1S/C20H22F2N4OS/c1-14(15-7-8-17(21)18(22)12-15)28-20-24-23-19(25-9-3-2-4-10-25)26(20)13-16-6-5-11-27-16/h5-8,11-12,14H,2-4,9-10,13H2,1H3. The van der Waals surface area contributed by atoms with Gasteiger partial charge < -0.3 is 9.32 Å².